The van der Waals surface area contributed by atoms with Crippen molar-refractivity contribution in [2.75, 3.05) is 0 Å². The Bertz CT molecular complexity index is 339. The van der Waals surface area contributed by atoms with E-state index in [1.54, 1.807) is 6.07 Å². The molecule has 0 aliphatic carbocycles. The van der Waals surface area contributed by atoms with Crippen LogP contribution >= 0.6 is 0 Å². The summed E-state index contributed by atoms with van der Waals surface area (Å²) in [5.41, 5.74) is 4.33. The van der Waals surface area contributed by atoms with Crippen LogP contribution in [0.4, 0.5) is 4.39 Å². The minimum Gasteiger partial charge on any atom is -0.271 e. The van der Waals surface area contributed by atoms with Crippen molar-refractivity contribution in [3.8, 4) is 0 Å². The van der Waals surface area contributed by atoms with Gasteiger partial charge >= 0.3 is 0 Å². The third-order valence-corrected chi connectivity index (χ3v) is 3.08. The Labute approximate surface area is 103 Å². The molecule has 0 aliphatic heterocycles. The first-order chi connectivity index (χ1) is 8.19. The van der Waals surface area contributed by atoms with Crippen LogP contribution in [0.15, 0.2) is 18.2 Å². The molecule has 0 saturated heterocycles. The quantitative estimate of drug-likeness (QED) is 0.432. The summed E-state index contributed by atoms with van der Waals surface area (Å²) < 4.78 is 13.8. The van der Waals surface area contributed by atoms with Crippen LogP contribution in [-0.2, 0) is 0 Å². The maximum Gasteiger partial charge on any atom is 0.128 e. The van der Waals surface area contributed by atoms with Crippen LogP contribution in [0.5, 0.6) is 0 Å². The number of hydrazine groups is 1. The van der Waals surface area contributed by atoms with E-state index in [2.05, 4.69) is 12.3 Å². The van der Waals surface area contributed by atoms with Crippen molar-refractivity contribution in [3.63, 3.8) is 0 Å². The maximum atomic E-state index is 13.8. The van der Waals surface area contributed by atoms with Crippen molar-refractivity contribution in [2.45, 2.75) is 52.0 Å². The molecule has 3 N–H and O–H groups in total. The van der Waals surface area contributed by atoms with Gasteiger partial charge in [0.05, 0.1) is 0 Å². The molecule has 96 valence electrons. The zero-order valence-electron chi connectivity index (χ0n) is 10.8. The fourth-order valence-electron chi connectivity index (χ4n) is 2.02. The Morgan fingerprint density at radius 2 is 2.06 bits per heavy atom. The molecule has 1 aromatic carbocycles. The summed E-state index contributed by atoms with van der Waals surface area (Å²) in [6, 6.07) is 5.24. The van der Waals surface area contributed by atoms with Gasteiger partial charge in [0.25, 0.3) is 0 Å². The van der Waals surface area contributed by atoms with Gasteiger partial charge in [0.1, 0.15) is 5.82 Å². The predicted molar refractivity (Wildman–Crippen MR) is 70.0 cm³/mol. The summed E-state index contributed by atoms with van der Waals surface area (Å²) >= 11 is 0. The molecule has 2 nitrogen and oxygen atoms in total. The van der Waals surface area contributed by atoms with Crippen molar-refractivity contribution >= 4 is 0 Å². The molecule has 0 radical (unpaired) electrons. The molecule has 1 atom stereocenters. The average Bonchev–Trinajstić information content (AvgIpc) is 2.31. The van der Waals surface area contributed by atoms with Crippen LogP contribution in [0.1, 0.15) is 56.2 Å². The number of nitrogens with one attached hydrogen (secondary N) is 1. The molecule has 0 fully saturated rings. The third-order valence-electron chi connectivity index (χ3n) is 3.08. The van der Waals surface area contributed by atoms with Crippen LogP contribution in [0.2, 0.25) is 0 Å². The summed E-state index contributed by atoms with van der Waals surface area (Å²) in [7, 11) is 0. The van der Waals surface area contributed by atoms with Gasteiger partial charge in [-0.3, -0.25) is 11.3 Å². The number of aryl methyl sites for hydroxylation is 1. The largest absolute Gasteiger partial charge is 0.271 e. The molecule has 0 heterocycles. The fraction of sp³-hybridized carbons (Fsp3) is 0.571. The second kappa shape index (κ2) is 7.41. The highest BCUT2D eigenvalue weighted by molar-refractivity contribution is 5.26. The lowest BCUT2D eigenvalue weighted by atomic mass is 9.99. The molecule has 1 unspecified atom stereocenters. The standard InChI is InChI=1S/C14H23FN2/c1-3-4-5-6-7-14(17-16)12-9-8-11(2)10-13(12)15/h8-10,14,17H,3-7,16H2,1-2H3. The Kier molecular flexibility index (Phi) is 6.16. The zero-order chi connectivity index (χ0) is 12.7. The fourth-order valence-corrected chi connectivity index (χ4v) is 2.02. The summed E-state index contributed by atoms with van der Waals surface area (Å²) in [6.07, 6.45) is 5.59. The van der Waals surface area contributed by atoms with Gasteiger partial charge in [0.2, 0.25) is 0 Å². The minimum atomic E-state index is -0.163. The van der Waals surface area contributed by atoms with Crippen molar-refractivity contribution in [1.29, 1.82) is 0 Å². The van der Waals surface area contributed by atoms with Crippen LogP contribution < -0.4 is 11.3 Å². The second-order valence-corrected chi connectivity index (χ2v) is 4.59. The first-order valence-corrected chi connectivity index (χ1v) is 6.41. The summed E-state index contributed by atoms with van der Waals surface area (Å²) in [5, 5.41) is 0. The smallest absolute Gasteiger partial charge is 0.128 e. The highest BCUT2D eigenvalue weighted by atomic mass is 19.1. The molecule has 0 spiro atoms. The monoisotopic (exact) mass is 238 g/mol. The van der Waals surface area contributed by atoms with Crippen LogP contribution in [0.3, 0.4) is 0 Å². The van der Waals surface area contributed by atoms with Gasteiger partial charge in [-0.15, -0.1) is 0 Å². The number of rotatable bonds is 7. The Balaban J connectivity index is 2.59. The SMILES string of the molecule is CCCCCCC(NN)c1ccc(C)cc1F. The van der Waals surface area contributed by atoms with Crippen molar-refractivity contribution in [3.05, 3.63) is 35.1 Å². The number of hydrogen-bond acceptors (Lipinski definition) is 2. The van der Waals surface area contributed by atoms with Crippen LogP contribution in [-0.4, -0.2) is 0 Å². The van der Waals surface area contributed by atoms with E-state index in [0.29, 0.717) is 5.56 Å². The van der Waals surface area contributed by atoms with Crippen LogP contribution in [0, 0.1) is 12.7 Å². The third kappa shape index (κ3) is 4.44. The molecule has 17 heavy (non-hydrogen) atoms. The number of hydrogen-bond donors (Lipinski definition) is 2. The number of benzene rings is 1. The highest BCUT2D eigenvalue weighted by Gasteiger charge is 2.13. The first kappa shape index (κ1) is 14.1. The molecule has 3 heteroatoms. The van der Waals surface area contributed by atoms with Gasteiger partial charge in [0.15, 0.2) is 0 Å². The maximum absolute atomic E-state index is 13.8. The van der Waals surface area contributed by atoms with E-state index < -0.39 is 0 Å². The van der Waals surface area contributed by atoms with Gasteiger partial charge < -0.3 is 0 Å². The topological polar surface area (TPSA) is 38.0 Å². The van der Waals surface area contributed by atoms with E-state index in [4.69, 9.17) is 5.84 Å². The van der Waals surface area contributed by atoms with Gasteiger partial charge in [-0.05, 0) is 25.0 Å². The molecule has 0 bridgehead atoms. The van der Waals surface area contributed by atoms with Crippen molar-refractivity contribution < 1.29 is 4.39 Å². The molecule has 1 aromatic rings. The van der Waals surface area contributed by atoms with E-state index in [0.717, 1.165) is 18.4 Å². The van der Waals surface area contributed by atoms with Gasteiger partial charge in [-0.25, -0.2) is 4.39 Å². The molecule has 0 amide bonds. The highest BCUT2D eigenvalue weighted by Crippen LogP contribution is 2.22. The number of unbranched alkanes of at least 4 members (excludes halogenated alkanes) is 3. The average molecular weight is 238 g/mol. The van der Waals surface area contributed by atoms with Gasteiger partial charge in [0, 0.05) is 11.6 Å². The van der Waals surface area contributed by atoms with Crippen molar-refractivity contribution in [1.82, 2.24) is 5.43 Å². The lowest BCUT2D eigenvalue weighted by molar-refractivity contribution is 0.460. The molecular formula is C14H23FN2. The number of nitrogens with two attached hydrogens (primary N) is 1. The van der Waals surface area contributed by atoms with Crippen molar-refractivity contribution in [2.24, 2.45) is 5.84 Å². The summed E-state index contributed by atoms with van der Waals surface area (Å²) in [5.74, 6) is 5.35. The molecule has 0 aliphatic rings. The Morgan fingerprint density at radius 1 is 1.29 bits per heavy atom. The Hall–Kier alpha value is -0.930. The predicted octanol–water partition coefficient (Wildman–Crippen LogP) is 3.61. The van der Waals surface area contributed by atoms with E-state index in [1.807, 2.05) is 19.1 Å². The lowest BCUT2D eigenvalue weighted by Gasteiger charge is -2.17. The van der Waals surface area contributed by atoms with E-state index >= 15 is 0 Å². The molecular weight excluding hydrogens is 215 g/mol. The lowest BCUT2D eigenvalue weighted by Crippen LogP contribution is -2.28. The molecule has 1 rings (SSSR count). The summed E-state index contributed by atoms with van der Waals surface area (Å²) in [4.78, 5) is 0. The Morgan fingerprint density at radius 3 is 2.65 bits per heavy atom. The summed E-state index contributed by atoms with van der Waals surface area (Å²) in [6.45, 7) is 4.07. The first-order valence-electron chi connectivity index (χ1n) is 6.41. The van der Waals surface area contributed by atoms with E-state index in [-0.39, 0.29) is 11.9 Å². The number of halogens is 1. The zero-order valence-corrected chi connectivity index (χ0v) is 10.8. The minimum absolute atomic E-state index is 0.0764. The van der Waals surface area contributed by atoms with Gasteiger partial charge in [-0.2, -0.15) is 0 Å². The molecule has 0 aromatic heterocycles. The second-order valence-electron chi connectivity index (χ2n) is 4.59. The van der Waals surface area contributed by atoms with E-state index in [9.17, 15) is 4.39 Å². The molecule has 0 saturated carbocycles. The van der Waals surface area contributed by atoms with E-state index in [1.165, 1.54) is 19.3 Å². The van der Waals surface area contributed by atoms with Crippen LogP contribution in [0.25, 0.3) is 0 Å². The normalized spacial score (nSPS) is 12.7. The van der Waals surface area contributed by atoms with Gasteiger partial charge in [-0.1, -0.05) is 44.7 Å².